The second-order valence-corrected chi connectivity index (χ2v) is 5.63. The molecule has 0 atom stereocenters. The molecule has 0 spiro atoms. The molecule has 1 N–H and O–H groups in total. The van der Waals surface area contributed by atoms with Crippen LogP contribution >= 0.6 is 33.9 Å². The third kappa shape index (κ3) is 2.25. The predicted octanol–water partition coefficient (Wildman–Crippen LogP) is 4.04. The molecular formula is C12H8IN3S. The summed E-state index contributed by atoms with van der Waals surface area (Å²) in [6, 6.07) is 10.3. The lowest BCUT2D eigenvalue weighted by Crippen LogP contribution is -1.94. The monoisotopic (exact) mass is 353 g/mol. The Morgan fingerprint density at radius 2 is 1.88 bits per heavy atom. The lowest BCUT2D eigenvalue weighted by atomic mass is 10.3. The van der Waals surface area contributed by atoms with E-state index in [1.165, 1.54) is 3.57 Å². The number of hydrogen-bond acceptors (Lipinski definition) is 4. The van der Waals surface area contributed by atoms with Gasteiger partial charge in [-0.3, -0.25) is 0 Å². The van der Waals surface area contributed by atoms with Crippen LogP contribution in [0.25, 0.3) is 10.2 Å². The van der Waals surface area contributed by atoms with Gasteiger partial charge in [0.05, 0.1) is 5.39 Å². The molecule has 0 radical (unpaired) electrons. The second kappa shape index (κ2) is 4.58. The van der Waals surface area contributed by atoms with Crippen LogP contribution in [0.3, 0.4) is 0 Å². The Bertz CT molecular complexity index is 648. The number of nitrogens with one attached hydrogen (secondary N) is 1. The summed E-state index contributed by atoms with van der Waals surface area (Å²) in [5, 5.41) is 6.40. The highest BCUT2D eigenvalue weighted by atomic mass is 127. The van der Waals surface area contributed by atoms with E-state index in [4.69, 9.17) is 0 Å². The minimum absolute atomic E-state index is 0.859. The van der Waals surface area contributed by atoms with Gasteiger partial charge in [-0.2, -0.15) is 0 Å². The fraction of sp³-hybridized carbons (Fsp3) is 0. The molecule has 0 saturated heterocycles. The summed E-state index contributed by atoms with van der Waals surface area (Å²) in [6.45, 7) is 0. The number of benzene rings is 1. The average molecular weight is 353 g/mol. The van der Waals surface area contributed by atoms with Crippen molar-refractivity contribution in [1.82, 2.24) is 9.97 Å². The van der Waals surface area contributed by atoms with Crippen molar-refractivity contribution >= 4 is 55.6 Å². The number of fused-ring (bicyclic) bond motifs is 1. The molecule has 3 aromatic rings. The van der Waals surface area contributed by atoms with Gasteiger partial charge in [0.25, 0.3) is 0 Å². The van der Waals surface area contributed by atoms with Crippen molar-refractivity contribution in [3.8, 4) is 0 Å². The summed E-state index contributed by atoms with van der Waals surface area (Å²) in [4.78, 5) is 9.51. The van der Waals surface area contributed by atoms with Crippen LogP contribution in [-0.4, -0.2) is 9.97 Å². The summed E-state index contributed by atoms with van der Waals surface area (Å²) >= 11 is 3.91. The highest BCUT2D eigenvalue weighted by Gasteiger charge is 2.04. The largest absolute Gasteiger partial charge is 0.340 e. The molecule has 0 aliphatic carbocycles. The maximum absolute atomic E-state index is 4.28. The SMILES string of the molecule is Ic1ccc(Nc2ncnc3sccc23)cc1. The van der Waals surface area contributed by atoms with Crippen LogP contribution in [0.1, 0.15) is 0 Å². The van der Waals surface area contributed by atoms with Crippen molar-refractivity contribution in [3.63, 3.8) is 0 Å². The normalized spacial score (nSPS) is 10.6. The Hall–Kier alpha value is -1.21. The highest BCUT2D eigenvalue weighted by molar-refractivity contribution is 14.1. The fourth-order valence-electron chi connectivity index (χ4n) is 1.56. The first-order valence-electron chi connectivity index (χ1n) is 5.04. The quantitative estimate of drug-likeness (QED) is 0.707. The number of rotatable bonds is 2. The van der Waals surface area contributed by atoms with Crippen molar-refractivity contribution < 1.29 is 0 Å². The van der Waals surface area contributed by atoms with E-state index in [9.17, 15) is 0 Å². The molecule has 3 rings (SSSR count). The standard InChI is InChI=1S/C12H8IN3S/c13-8-1-3-9(4-2-8)16-11-10-5-6-17-12(10)15-7-14-11/h1-7H,(H,14,15,16). The van der Waals surface area contributed by atoms with Crippen molar-refractivity contribution in [2.24, 2.45) is 0 Å². The predicted molar refractivity (Wildman–Crippen MR) is 79.9 cm³/mol. The maximum atomic E-state index is 4.28. The Kier molecular flexibility index (Phi) is 2.94. The molecule has 1 aromatic carbocycles. The van der Waals surface area contributed by atoms with Gasteiger partial charge in [0.1, 0.15) is 17.0 Å². The van der Waals surface area contributed by atoms with Crippen LogP contribution in [0.15, 0.2) is 42.0 Å². The first kappa shape index (κ1) is 10.9. The molecule has 5 heteroatoms. The van der Waals surface area contributed by atoms with Crippen LogP contribution in [-0.2, 0) is 0 Å². The topological polar surface area (TPSA) is 37.8 Å². The van der Waals surface area contributed by atoms with E-state index in [0.29, 0.717) is 0 Å². The number of nitrogens with zero attached hydrogens (tertiary/aromatic N) is 2. The number of anilines is 2. The van der Waals surface area contributed by atoms with E-state index in [2.05, 4.69) is 50.0 Å². The van der Waals surface area contributed by atoms with Gasteiger partial charge in [-0.05, 0) is 58.3 Å². The van der Waals surface area contributed by atoms with E-state index < -0.39 is 0 Å². The Labute approximate surface area is 116 Å². The molecular weight excluding hydrogens is 345 g/mol. The fourth-order valence-corrected chi connectivity index (χ4v) is 2.65. The highest BCUT2D eigenvalue weighted by Crippen LogP contribution is 2.26. The molecule has 2 heterocycles. The van der Waals surface area contributed by atoms with Gasteiger partial charge in [0.2, 0.25) is 0 Å². The molecule has 0 saturated carbocycles. The average Bonchev–Trinajstić information content (AvgIpc) is 2.81. The molecule has 0 unspecified atom stereocenters. The molecule has 3 nitrogen and oxygen atoms in total. The number of hydrogen-bond donors (Lipinski definition) is 1. The van der Waals surface area contributed by atoms with Gasteiger partial charge < -0.3 is 5.32 Å². The van der Waals surface area contributed by atoms with Gasteiger partial charge in [0, 0.05) is 9.26 Å². The molecule has 0 aliphatic rings. The van der Waals surface area contributed by atoms with Crippen molar-refractivity contribution in [3.05, 3.63) is 45.6 Å². The summed E-state index contributed by atoms with van der Waals surface area (Å²) in [6.07, 6.45) is 1.59. The molecule has 84 valence electrons. The minimum Gasteiger partial charge on any atom is -0.340 e. The van der Waals surface area contributed by atoms with E-state index >= 15 is 0 Å². The van der Waals surface area contributed by atoms with E-state index in [0.717, 1.165) is 21.7 Å². The molecule has 0 amide bonds. The lowest BCUT2D eigenvalue weighted by molar-refractivity contribution is 1.23. The summed E-state index contributed by atoms with van der Waals surface area (Å²) < 4.78 is 1.22. The van der Waals surface area contributed by atoms with Crippen LogP contribution in [0, 0.1) is 3.57 Å². The van der Waals surface area contributed by atoms with Crippen molar-refractivity contribution in [2.45, 2.75) is 0 Å². The zero-order valence-electron chi connectivity index (χ0n) is 8.72. The zero-order chi connectivity index (χ0) is 11.7. The van der Waals surface area contributed by atoms with Crippen LogP contribution in [0.5, 0.6) is 0 Å². The molecule has 0 fully saturated rings. The first-order valence-corrected chi connectivity index (χ1v) is 6.99. The number of halogens is 1. The second-order valence-electron chi connectivity index (χ2n) is 3.49. The van der Waals surface area contributed by atoms with Gasteiger partial charge in [-0.15, -0.1) is 11.3 Å². The van der Waals surface area contributed by atoms with Crippen LogP contribution in [0.4, 0.5) is 11.5 Å². The molecule has 0 aliphatic heterocycles. The Morgan fingerprint density at radius 3 is 2.71 bits per heavy atom. The van der Waals surface area contributed by atoms with E-state index in [-0.39, 0.29) is 0 Å². The Balaban J connectivity index is 1.99. The maximum Gasteiger partial charge on any atom is 0.142 e. The third-order valence-corrected chi connectivity index (χ3v) is 3.91. The Morgan fingerprint density at radius 1 is 1.06 bits per heavy atom. The zero-order valence-corrected chi connectivity index (χ0v) is 11.7. The van der Waals surface area contributed by atoms with Gasteiger partial charge in [-0.25, -0.2) is 9.97 Å². The smallest absolute Gasteiger partial charge is 0.142 e. The van der Waals surface area contributed by atoms with Gasteiger partial charge in [-0.1, -0.05) is 0 Å². The van der Waals surface area contributed by atoms with E-state index in [1.807, 2.05) is 23.6 Å². The van der Waals surface area contributed by atoms with Crippen molar-refractivity contribution in [2.75, 3.05) is 5.32 Å². The first-order chi connectivity index (χ1) is 8.33. The molecule has 0 bridgehead atoms. The molecule has 2 aromatic heterocycles. The van der Waals surface area contributed by atoms with Crippen LogP contribution < -0.4 is 5.32 Å². The van der Waals surface area contributed by atoms with E-state index in [1.54, 1.807) is 17.7 Å². The van der Waals surface area contributed by atoms with Gasteiger partial charge in [0.15, 0.2) is 0 Å². The summed E-state index contributed by atoms with van der Waals surface area (Å²) in [5.41, 5.74) is 1.04. The number of aromatic nitrogens is 2. The van der Waals surface area contributed by atoms with Crippen LogP contribution in [0.2, 0.25) is 0 Å². The lowest BCUT2D eigenvalue weighted by Gasteiger charge is -2.06. The minimum atomic E-state index is 0.859. The molecule has 17 heavy (non-hydrogen) atoms. The van der Waals surface area contributed by atoms with Gasteiger partial charge >= 0.3 is 0 Å². The number of thiophene rings is 1. The summed E-state index contributed by atoms with van der Waals surface area (Å²) in [5.74, 6) is 0.859. The third-order valence-electron chi connectivity index (χ3n) is 2.37. The summed E-state index contributed by atoms with van der Waals surface area (Å²) in [7, 11) is 0. The van der Waals surface area contributed by atoms with Crippen molar-refractivity contribution in [1.29, 1.82) is 0 Å².